The highest BCUT2D eigenvalue weighted by atomic mass is 16.2. The van der Waals surface area contributed by atoms with Crippen molar-refractivity contribution in [3.8, 4) is 0 Å². The smallest absolute Gasteiger partial charge is 0.240 e. The minimum Gasteiger partial charge on any atom is -0.343 e. The predicted octanol–water partition coefficient (Wildman–Crippen LogP) is 1.16. The molecule has 0 aromatic carbocycles. The van der Waals surface area contributed by atoms with Crippen LogP contribution in [0.5, 0.6) is 0 Å². The number of amides is 2. The van der Waals surface area contributed by atoms with E-state index in [4.69, 9.17) is 0 Å². The van der Waals surface area contributed by atoms with E-state index in [1.807, 2.05) is 15.9 Å². The van der Waals surface area contributed by atoms with Crippen LogP contribution >= 0.6 is 0 Å². The number of unbranched alkanes of at least 4 members (excludes halogenated alkanes) is 1. The molecule has 0 bridgehead atoms. The average Bonchev–Trinajstić information content (AvgIpc) is 2.52. The van der Waals surface area contributed by atoms with Crippen molar-refractivity contribution in [1.29, 1.82) is 0 Å². The van der Waals surface area contributed by atoms with E-state index in [-0.39, 0.29) is 17.9 Å². The Kier molecular flexibility index (Phi) is 6.23. The predicted molar refractivity (Wildman–Crippen MR) is 82.8 cm³/mol. The molecule has 2 aliphatic heterocycles. The van der Waals surface area contributed by atoms with Gasteiger partial charge in [-0.3, -0.25) is 9.59 Å². The second-order valence-corrected chi connectivity index (χ2v) is 5.91. The summed E-state index contributed by atoms with van der Waals surface area (Å²) in [7, 11) is 0. The lowest BCUT2D eigenvalue weighted by molar-refractivity contribution is -0.141. The van der Waals surface area contributed by atoms with Gasteiger partial charge in [-0.15, -0.1) is 6.58 Å². The molecule has 2 saturated heterocycles. The summed E-state index contributed by atoms with van der Waals surface area (Å²) in [6.45, 7) is 7.68. The third-order valence-corrected chi connectivity index (χ3v) is 4.31. The number of piperazine rings is 1. The zero-order valence-corrected chi connectivity index (χ0v) is 12.9. The molecule has 2 heterocycles. The summed E-state index contributed by atoms with van der Waals surface area (Å²) in [6, 6.07) is -0.336. The fourth-order valence-electron chi connectivity index (χ4n) is 3.05. The zero-order valence-electron chi connectivity index (χ0n) is 12.9. The summed E-state index contributed by atoms with van der Waals surface area (Å²) in [6.07, 6.45) is 7.44. The molecular formula is C16H27N3O2. The molecule has 0 spiro atoms. The van der Waals surface area contributed by atoms with Crippen LogP contribution in [0.4, 0.5) is 0 Å². The van der Waals surface area contributed by atoms with E-state index in [1.54, 1.807) is 0 Å². The molecule has 0 aromatic rings. The number of piperidine rings is 1. The van der Waals surface area contributed by atoms with Gasteiger partial charge in [0.15, 0.2) is 0 Å². The Hall–Kier alpha value is -1.36. The largest absolute Gasteiger partial charge is 0.343 e. The maximum absolute atomic E-state index is 12.4. The summed E-state index contributed by atoms with van der Waals surface area (Å²) in [5.41, 5.74) is 0. The van der Waals surface area contributed by atoms with Gasteiger partial charge in [0, 0.05) is 32.7 Å². The Balaban J connectivity index is 1.82. The maximum Gasteiger partial charge on any atom is 0.240 e. The topological polar surface area (TPSA) is 52.7 Å². The minimum absolute atomic E-state index is 0.0793. The molecule has 2 aliphatic rings. The summed E-state index contributed by atoms with van der Waals surface area (Å²) in [5, 5.41) is 3.20. The van der Waals surface area contributed by atoms with Crippen LogP contribution in [0.25, 0.3) is 0 Å². The van der Waals surface area contributed by atoms with Gasteiger partial charge in [-0.25, -0.2) is 0 Å². The van der Waals surface area contributed by atoms with E-state index < -0.39 is 0 Å². The van der Waals surface area contributed by atoms with E-state index in [2.05, 4.69) is 11.9 Å². The number of carbonyl (C=O) groups is 2. The summed E-state index contributed by atoms with van der Waals surface area (Å²) < 4.78 is 0. The van der Waals surface area contributed by atoms with Gasteiger partial charge >= 0.3 is 0 Å². The standard InChI is InChI=1S/C16H27N3O2/c1-2-3-5-11-19-12-8-17-14(16(19)21)13-15(20)18-9-6-4-7-10-18/h2,14,17H,1,3-13H2. The van der Waals surface area contributed by atoms with Crippen molar-refractivity contribution in [2.45, 2.75) is 44.6 Å². The molecule has 5 nitrogen and oxygen atoms in total. The van der Waals surface area contributed by atoms with Crippen LogP contribution in [0, 0.1) is 0 Å². The van der Waals surface area contributed by atoms with E-state index in [1.165, 1.54) is 6.42 Å². The van der Waals surface area contributed by atoms with Gasteiger partial charge in [0.25, 0.3) is 0 Å². The van der Waals surface area contributed by atoms with Crippen molar-refractivity contribution >= 4 is 11.8 Å². The number of rotatable bonds is 6. The molecule has 1 atom stereocenters. The van der Waals surface area contributed by atoms with Crippen LogP contribution in [0.3, 0.4) is 0 Å². The number of likely N-dealkylation sites (tertiary alicyclic amines) is 1. The Morgan fingerprint density at radius 3 is 2.76 bits per heavy atom. The molecule has 1 N–H and O–H groups in total. The van der Waals surface area contributed by atoms with Crippen LogP contribution in [-0.4, -0.2) is 60.4 Å². The Morgan fingerprint density at radius 2 is 2.05 bits per heavy atom. The highest BCUT2D eigenvalue weighted by Crippen LogP contribution is 2.13. The number of nitrogens with zero attached hydrogens (tertiary/aromatic N) is 2. The van der Waals surface area contributed by atoms with Gasteiger partial charge < -0.3 is 15.1 Å². The molecule has 2 amide bonds. The lowest BCUT2D eigenvalue weighted by Gasteiger charge is -2.34. The molecule has 0 aromatic heterocycles. The minimum atomic E-state index is -0.336. The molecule has 1 unspecified atom stereocenters. The number of hydrogen-bond acceptors (Lipinski definition) is 3. The number of hydrogen-bond donors (Lipinski definition) is 1. The third kappa shape index (κ3) is 4.56. The summed E-state index contributed by atoms with van der Waals surface area (Å²) in [5.74, 6) is 0.198. The van der Waals surface area contributed by atoms with Gasteiger partial charge in [0.05, 0.1) is 12.5 Å². The first kappa shape index (κ1) is 16.0. The second kappa shape index (κ2) is 8.17. The third-order valence-electron chi connectivity index (χ3n) is 4.31. The second-order valence-electron chi connectivity index (χ2n) is 5.91. The number of nitrogens with one attached hydrogen (secondary N) is 1. The first-order chi connectivity index (χ1) is 10.2. The van der Waals surface area contributed by atoms with Crippen molar-refractivity contribution in [2.75, 3.05) is 32.7 Å². The normalized spacial score (nSPS) is 23.2. The average molecular weight is 293 g/mol. The Bertz CT molecular complexity index is 378. The van der Waals surface area contributed by atoms with Crippen LogP contribution in [0.2, 0.25) is 0 Å². The molecule has 5 heteroatoms. The summed E-state index contributed by atoms with van der Waals surface area (Å²) in [4.78, 5) is 28.5. The fraction of sp³-hybridized carbons (Fsp3) is 0.750. The quantitative estimate of drug-likeness (QED) is 0.590. The molecule has 2 rings (SSSR count). The molecular weight excluding hydrogens is 266 g/mol. The van der Waals surface area contributed by atoms with Gasteiger partial charge in [-0.1, -0.05) is 6.08 Å². The lowest BCUT2D eigenvalue weighted by atomic mass is 10.1. The van der Waals surface area contributed by atoms with Crippen molar-refractivity contribution in [3.05, 3.63) is 12.7 Å². The monoisotopic (exact) mass is 293 g/mol. The zero-order chi connectivity index (χ0) is 15.1. The van der Waals surface area contributed by atoms with E-state index in [9.17, 15) is 9.59 Å². The van der Waals surface area contributed by atoms with Crippen molar-refractivity contribution in [1.82, 2.24) is 15.1 Å². The summed E-state index contributed by atoms with van der Waals surface area (Å²) >= 11 is 0. The van der Waals surface area contributed by atoms with E-state index in [0.29, 0.717) is 6.42 Å². The lowest BCUT2D eigenvalue weighted by Crippen LogP contribution is -2.56. The molecule has 0 aliphatic carbocycles. The van der Waals surface area contributed by atoms with Crippen LogP contribution in [0.15, 0.2) is 12.7 Å². The van der Waals surface area contributed by atoms with Crippen LogP contribution in [0.1, 0.15) is 38.5 Å². The molecule has 0 saturated carbocycles. The fourth-order valence-corrected chi connectivity index (χ4v) is 3.05. The molecule has 2 fully saturated rings. The van der Waals surface area contributed by atoms with Gasteiger partial charge in [0.2, 0.25) is 11.8 Å². The van der Waals surface area contributed by atoms with Crippen LogP contribution < -0.4 is 5.32 Å². The van der Waals surface area contributed by atoms with Crippen molar-refractivity contribution in [3.63, 3.8) is 0 Å². The van der Waals surface area contributed by atoms with Crippen molar-refractivity contribution in [2.24, 2.45) is 0 Å². The molecule has 21 heavy (non-hydrogen) atoms. The van der Waals surface area contributed by atoms with Gasteiger partial charge in [0.1, 0.15) is 0 Å². The highest BCUT2D eigenvalue weighted by Gasteiger charge is 2.31. The van der Waals surface area contributed by atoms with E-state index >= 15 is 0 Å². The first-order valence-electron chi connectivity index (χ1n) is 8.13. The highest BCUT2D eigenvalue weighted by molar-refractivity contribution is 5.89. The Labute approximate surface area is 127 Å². The van der Waals surface area contributed by atoms with Gasteiger partial charge in [-0.2, -0.15) is 0 Å². The van der Waals surface area contributed by atoms with Crippen molar-refractivity contribution < 1.29 is 9.59 Å². The van der Waals surface area contributed by atoms with Crippen LogP contribution in [-0.2, 0) is 9.59 Å². The molecule has 118 valence electrons. The first-order valence-corrected chi connectivity index (χ1v) is 8.13. The molecule has 0 radical (unpaired) electrons. The SMILES string of the molecule is C=CCCCN1CCNC(CC(=O)N2CCCCC2)C1=O. The number of allylic oxidation sites excluding steroid dienone is 1. The number of carbonyl (C=O) groups excluding carboxylic acids is 2. The van der Waals surface area contributed by atoms with Gasteiger partial charge in [-0.05, 0) is 32.1 Å². The van der Waals surface area contributed by atoms with E-state index in [0.717, 1.165) is 58.4 Å². The maximum atomic E-state index is 12.4. The Morgan fingerprint density at radius 1 is 1.29 bits per heavy atom.